The summed E-state index contributed by atoms with van der Waals surface area (Å²) in [6.45, 7) is 7.39. The molecule has 0 aliphatic rings. The van der Waals surface area contributed by atoms with Crippen molar-refractivity contribution in [3.05, 3.63) is 5.82 Å². The zero-order valence-corrected chi connectivity index (χ0v) is 11.2. The summed E-state index contributed by atoms with van der Waals surface area (Å²) in [5, 5.41) is 3.41. The molecule has 1 atom stereocenters. The fraction of sp³-hybridized carbons (Fsp3) is 0.800. The van der Waals surface area contributed by atoms with E-state index in [1.807, 2.05) is 18.7 Å². The quantitative estimate of drug-likeness (QED) is 0.592. The van der Waals surface area contributed by atoms with Gasteiger partial charge in [-0.25, -0.2) is 4.98 Å². The van der Waals surface area contributed by atoms with Gasteiger partial charge in [-0.15, -0.1) is 0 Å². The Morgan fingerprint density at radius 3 is 2.93 bits per heavy atom. The largest absolute Gasteiger partial charge is 0.315 e. The van der Waals surface area contributed by atoms with Crippen LogP contribution in [0.25, 0.3) is 0 Å². The summed E-state index contributed by atoms with van der Waals surface area (Å²) in [5.41, 5.74) is 0. The maximum Gasteiger partial charge on any atom is 0.170 e. The van der Waals surface area contributed by atoms with Crippen molar-refractivity contribution in [3.63, 3.8) is 0 Å². The summed E-state index contributed by atoms with van der Waals surface area (Å²) in [6, 6.07) is 0.631. The van der Waals surface area contributed by atoms with E-state index in [4.69, 9.17) is 0 Å². The first-order chi connectivity index (χ1) is 7.22. The van der Waals surface area contributed by atoms with E-state index in [-0.39, 0.29) is 0 Å². The molecule has 1 aromatic rings. The molecule has 3 nitrogen and oxygen atoms in total. The van der Waals surface area contributed by atoms with Crippen LogP contribution in [-0.4, -0.2) is 27.7 Å². The predicted molar refractivity (Wildman–Crippen MR) is 67.7 cm³/mol. The number of rotatable bonds is 7. The van der Waals surface area contributed by atoms with Crippen molar-refractivity contribution in [1.82, 2.24) is 14.7 Å². The van der Waals surface area contributed by atoms with Gasteiger partial charge in [0.1, 0.15) is 5.82 Å². The van der Waals surface area contributed by atoms with Crippen LogP contribution in [0, 0.1) is 6.92 Å². The highest BCUT2D eigenvalue weighted by Crippen LogP contribution is 2.21. The third kappa shape index (κ3) is 5.49. The SMILES string of the molecule is CCNC(C)CCCSc1nc(C)ns1. The van der Waals surface area contributed by atoms with E-state index >= 15 is 0 Å². The smallest absolute Gasteiger partial charge is 0.170 e. The minimum Gasteiger partial charge on any atom is -0.315 e. The van der Waals surface area contributed by atoms with Crippen LogP contribution in [0.1, 0.15) is 32.5 Å². The molecule has 0 aliphatic heterocycles. The molecule has 0 fully saturated rings. The van der Waals surface area contributed by atoms with E-state index in [1.165, 1.54) is 24.4 Å². The van der Waals surface area contributed by atoms with Crippen LogP contribution in [-0.2, 0) is 0 Å². The van der Waals surface area contributed by atoms with Crippen molar-refractivity contribution in [2.24, 2.45) is 0 Å². The Balaban J connectivity index is 2.06. The fourth-order valence-electron chi connectivity index (χ4n) is 1.34. The molecule has 15 heavy (non-hydrogen) atoms. The number of aryl methyl sites for hydroxylation is 1. The van der Waals surface area contributed by atoms with Gasteiger partial charge in [0.15, 0.2) is 4.34 Å². The number of thioether (sulfide) groups is 1. The first-order valence-electron chi connectivity index (χ1n) is 5.39. The molecule has 0 spiro atoms. The van der Waals surface area contributed by atoms with Gasteiger partial charge in [-0.05, 0) is 44.8 Å². The van der Waals surface area contributed by atoms with Crippen molar-refractivity contribution in [2.45, 2.75) is 44.0 Å². The molecular weight excluding hydrogens is 226 g/mol. The van der Waals surface area contributed by atoms with Gasteiger partial charge in [0.25, 0.3) is 0 Å². The molecule has 1 rings (SSSR count). The Morgan fingerprint density at radius 1 is 1.53 bits per heavy atom. The molecule has 5 heteroatoms. The Hall–Kier alpha value is -0.130. The van der Waals surface area contributed by atoms with Crippen LogP contribution in [0.2, 0.25) is 0 Å². The van der Waals surface area contributed by atoms with Gasteiger partial charge in [-0.3, -0.25) is 0 Å². The summed E-state index contributed by atoms with van der Waals surface area (Å²) in [7, 11) is 0. The topological polar surface area (TPSA) is 37.8 Å². The van der Waals surface area contributed by atoms with Crippen molar-refractivity contribution in [2.75, 3.05) is 12.3 Å². The Morgan fingerprint density at radius 2 is 2.33 bits per heavy atom. The number of aromatic nitrogens is 2. The molecule has 86 valence electrons. The maximum atomic E-state index is 4.32. The van der Waals surface area contributed by atoms with E-state index in [2.05, 4.69) is 28.5 Å². The van der Waals surface area contributed by atoms with Gasteiger partial charge >= 0.3 is 0 Å². The van der Waals surface area contributed by atoms with Crippen LogP contribution in [0.4, 0.5) is 0 Å². The second-order valence-corrected chi connectivity index (χ2v) is 5.65. The summed E-state index contributed by atoms with van der Waals surface area (Å²) in [5.74, 6) is 2.04. The van der Waals surface area contributed by atoms with E-state index in [0.29, 0.717) is 6.04 Å². The highest BCUT2D eigenvalue weighted by molar-refractivity contribution is 8.00. The normalized spacial score (nSPS) is 13.0. The number of hydrogen-bond acceptors (Lipinski definition) is 5. The van der Waals surface area contributed by atoms with E-state index in [9.17, 15) is 0 Å². The van der Waals surface area contributed by atoms with Gasteiger partial charge in [0.2, 0.25) is 0 Å². The Kier molecular flexibility index (Phi) is 6.20. The average Bonchev–Trinajstić information content (AvgIpc) is 2.60. The van der Waals surface area contributed by atoms with Gasteiger partial charge in [-0.2, -0.15) is 4.37 Å². The molecule has 0 radical (unpaired) electrons. The van der Waals surface area contributed by atoms with Gasteiger partial charge in [-0.1, -0.05) is 18.7 Å². The molecular formula is C10H19N3S2. The highest BCUT2D eigenvalue weighted by atomic mass is 32.2. The number of nitrogens with zero attached hydrogens (tertiary/aromatic N) is 2. The lowest BCUT2D eigenvalue weighted by atomic mass is 10.2. The molecule has 1 aromatic heterocycles. The van der Waals surface area contributed by atoms with E-state index in [0.717, 1.165) is 22.5 Å². The lowest BCUT2D eigenvalue weighted by molar-refractivity contribution is 0.526. The summed E-state index contributed by atoms with van der Waals surface area (Å²) in [4.78, 5) is 4.32. The molecule has 0 aliphatic carbocycles. The lowest BCUT2D eigenvalue weighted by Crippen LogP contribution is -2.25. The molecule has 0 saturated heterocycles. The van der Waals surface area contributed by atoms with Crippen LogP contribution in [0.3, 0.4) is 0 Å². The summed E-state index contributed by atoms with van der Waals surface area (Å²) < 4.78 is 5.26. The standard InChI is InChI=1S/C10H19N3S2/c1-4-11-8(2)6-5-7-14-10-12-9(3)13-15-10/h8,11H,4-7H2,1-3H3. The first kappa shape index (κ1) is 12.9. The van der Waals surface area contributed by atoms with Crippen molar-refractivity contribution < 1.29 is 0 Å². The van der Waals surface area contributed by atoms with Crippen LogP contribution in [0.15, 0.2) is 4.34 Å². The second kappa shape index (κ2) is 7.19. The van der Waals surface area contributed by atoms with Gasteiger partial charge in [0, 0.05) is 11.8 Å². The molecule has 0 aromatic carbocycles. The fourth-order valence-corrected chi connectivity index (χ4v) is 3.02. The van der Waals surface area contributed by atoms with Gasteiger partial charge < -0.3 is 5.32 Å². The van der Waals surface area contributed by atoms with Crippen LogP contribution >= 0.6 is 23.3 Å². The van der Waals surface area contributed by atoms with Crippen molar-refractivity contribution >= 4 is 23.3 Å². The Labute approximate surface area is 100 Å². The molecule has 0 saturated carbocycles. The number of hydrogen-bond donors (Lipinski definition) is 1. The van der Waals surface area contributed by atoms with E-state index in [1.54, 1.807) is 0 Å². The van der Waals surface area contributed by atoms with Crippen molar-refractivity contribution in [1.29, 1.82) is 0 Å². The van der Waals surface area contributed by atoms with Crippen LogP contribution < -0.4 is 5.32 Å². The monoisotopic (exact) mass is 245 g/mol. The van der Waals surface area contributed by atoms with Gasteiger partial charge in [0.05, 0.1) is 0 Å². The van der Waals surface area contributed by atoms with Crippen LogP contribution in [0.5, 0.6) is 0 Å². The molecule has 0 bridgehead atoms. The molecule has 1 unspecified atom stereocenters. The Bertz CT molecular complexity index is 275. The summed E-state index contributed by atoms with van der Waals surface area (Å²) in [6.07, 6.45) is 2.47. The van der Waals surface area contributed by atoms with E-state index < -0.39 is 0 Å². The maximum absolute atomic E-state index is 4.32. The number of nitrogens with one attached hydrogen (secondary N) is 1. The zero-order chi connectivity index (χ0) is 11.1. The zero-order valence-electron chi connectivity index (χ0n) is 9.62. The minimum absolute atomic E-state index is 0.631. The average molecular weight is 245 g/mol. The minimum atomic E-state index is 0.631. The first-order valence-corrected chi connectivity index (χ1v) is 7.14. The third-order valence-corrected chi connectivity index (χ3v) is 4.08. The predicted octanol–water partition coefficient (Wildman–Crippen LogP) is 2.72. The third-order valence-electron chi connectivity index (χ3n) is 2.07. The van der Waals surface area contributed by atoms with Crippen molar-refractivity contribution in [3.8, 4) is 0 Å². The summed E-state index contributed by atoms with van der Waals surface area (Å²) >= 11 is 3.32. The lowest BCUT2D eigenvalue weighted by Gasteiger charge is -2.10. The molecule has 0 amide bonds. The highest BCUT2D eigenvalue weighted by Gasteiger charge is 2.02. The molecule has 1 heterocycles. The molecule has 1 N–H and O–H groups in total. The second-order valence-electron chi connectivity index (χ2n) is 3.56.